The van der Waals surface area contributed by atoms with Gasteiger partial charge in [0.2, 0.25) is 0 Å². The molecule has 2 heteroatoms. The van der Waals surface area contributed by atoms with E-state index >= 15 is 0 Å². The van der Waals surface area contributed by atoms with Crippen LogP contribution in [0.1, 0.15) is 54.9 Å². The smallest absolute Gasteiger partial charge is 0.0107 e. The number of hydrogen-bond acceptors (Lipinski definition) is 2. The van der Waals surface area contributed by atoms with Crippen LogP contribution in [0.3, 0.4) is 0 Å². The molecule has 0 bridgehead atoms. The molecule has 0 rings (SSSR count). The fourth-order valence-electron chi connectivity index (χ4n) is 2.11. The van der Waals surface area contributed by atoms with Crippen LogP contribution < -0.4 is 5.32 Å². The minimum Gasteiger partial charge on any atom is -0.314 e. The molecule has 0 saturated heterocycles. The molecule has 0 aliphatic carbocycles. The maximum Gasteiger partial charge on any atom is 0.0107 e. The summed E-state index contributed by atoms with van der Waals surface area (Å²) in [6.07, 6.45) is 1.24. The molecule has 0 radical (unpaired) electrons. The fraction of sp³-hybridized carbons (Fsp3) is 1.00. The van der Waals surface area contributed by atoms with Crippen molar-refractivity contribution >= 4 is 0 Å². The highest BCUT2D eigenvalue weighted by atomic mass is 15.2. The Hall–Kier alpha value is -0.0800. The van der Waals surface area contributed by atoms with Crippen LogP contribution in [0.5, 0.6) is 0 Å². The second-order valence-corrected chi connectivity index (χ2v) is 5.61. The summed E-state index contributed by atoms with van der Waals surface area (Å²) in [4.78, 5) is 2.62. The number of hydrogen-bond donors (Lipinski definition) is 1. The molecular weight excluding hydrogens is 196 g/mol. The van der Waals surface area contributed by atoms with E-state index in [0.717, 1.165) is 6.54 Å². The summed E-state index contributed by atoms with van der Waals surface area (Å²) >= 11 is 0. The van der Waals surface area contributed by atoms with Gasteiger partial charge in [0.25, 0.3) is 0 Å². The Bertz CT molecular complexity index is 166. The molecule has 2 nitrogen and oxygen atoms in total. The second kappa shape index (κ2) is 8.08. The van der Waals surface area contributed by atoms with E-state index in [0.29, 0.717) is 24.0 Å². The molecule has 0 amide bonds. The first-order chi connectivity index (χ1) is 7.40. The van der Waals surface area contributed by atoms with Crippen molar-refractivity contribution in [3.63, 3.8) is 0 Å². The highest BCUT2D eigenvalue weighted by molar-refractivity contribution is 4.77. The van der Waals surface area contributed by atoms with Crippen LogP contribution in [0.25, 0.3) is 0 Å². The Morgan fingerprint density at radius 1 is 1.00 bits per heavy atom. The average Bonchev–Trinajstić information content (AvgIpc) is 2.20. The molecule has 0 fully saturated rings. The van der Waals surface area contributed by atoms with E-state index in [1.165, 1.54) is 13.0 Å². The Balaban J connectivity index is 4.19. The number of rotatable bonds is 8. The summed E-state index contributed by atoms with van der Waals surface area (Å²) in [7, 11) is 0. The van der Waals surface area contributed by atoms with Crippen LogP contribution in [-0.4, -0.2) is 36.1 Å². The summed E-state index contributed by atoms with van der Waals surface area (Å²) in [5, 5.41) is 3.54. The topological polar surface area (TPSA) is 15.3 Å². The molecule has 0 heterocycles. The lowest BCUT2D eigenvalue weighted by Gasteiger charge is -2.36. The number of nitrogens with one attached hydrogen (secondary N) is 1. The van der Waals surface area contributed by atoms with Crippen LogP contribution in [0.4, 0.5) is 0 Å². The quantitative estimate of drug-likeness (QED) is 0.686. The molecule has 0 aromatic carbocycles. The lowest BCUT2D eigenvalue weighted by molar-refractivity contribution is 0.122. The van der Waals surface area contributed by atoms with Gasteiger partial charge >= 0.3 is 0 Å². The van der Waals surface area contributed by atoms with Crippen molar-refractivity contribution in [3.8, 4) is 0 Å². The molecule has 1 N–H and O–H groups in total. The fourth-order valence-corrected chi connectivity index (χ4v) is 2.11. The highest BCUT2D eigenvalue weighted by Crippen LogP contribution is 2.14. The Morgan fingerprint density at radius 3 is 1.94 bits per heavy atom. The minimum atomic E-state index is 0.591. The van der Waals surface area contributed by atoms with E-state index in [1.54, 1.807) is 0 Å². The summed E-state index contributed by atoms with van der Waals surface area (Å²) < 4.78 is 0. The van der Waals surface area contributed by atoms with Gasteiger partial charge in [-0.2, -0.15) is 0 Å². The van der Waals surface area contributed by atoms with Crippen molar-refractivity contribution < 1.29 is 0 Å². The molecule has 16 heavy (non-hydrogen) atoms. The van der Waals surface area contributed by atoms with Crippen molar-refractivity contribution in [3.05, 3.63) is 0 Å². The monoisotopic (exact) mass is 228 g/mol. The van der Waals surface area contributed by atoms with Gasteiger partial charge < -0.3 is 5.32 Å². The van der Waals surface area contributed by atoms with E-state index in [-0.39, 0.29) is 0 Å². The van der Waals surface area contributed by atoms with Crippen LogP contribution >= 0.6 is 0 Å². The van der Waals surface area contributed by atoms with Gasteiger partial charge in [-0.05, 0) is 46.2 Å². The van der Waals surface area contributed by atoms with Crippen molar-refractivity contribution in [2.75, 3.05) is 13.1 Å². The van der Waals surface area contributed by atoms with Gasteiger partial charge in [0.05, 0.1) is 0 Å². The third kappa shape index (κ3) is 5.86. The molecule has 0 spiro atoms. The van der Waals surface area contributed by atoms with Gasteiger partial charge in [-0.1, -0.05) is 27.7 Å². The van der Waals surface area contributed by atoms with Gasteiger partial charge in [-0.25, -0.2) is 0 Å². The summed E-state index contributed by atoms with van der Waals surface area (Å²) in [5.74, 6) is 0.705. The first kappa shape index (κ1) is 15.9. The van der Waals surface area contributed by atoms with Crippen molar-refractivity contribution in [2.24, 2.45) is 5.92 Å². The summed E-state index contributed by atoms with van der Waals surface area (Å²) in [6.45, 7) is 18.3. The van der Waals surface area contributed by atoms with Crippen LogP contribution in [-0.2, 0) is 0 Å². The van der Waals surface area contributed by atoms with Crippen molar-refractivity contribution in [1.29, 1.82) is 0 Å². The van der Waals surface area contributed by atoms with Crippen molar-refractivity contribution in [2.45, 2.75) is 73.0 Å². The van der Waals surface area contributed by atoms with Crippen molar-refractivity contribution in [1.82, 2.24) is 10.2 Å². The summed E-state index contributed by atoms with van der Waals surface area (Å²) in [5.41, 5.74) is 0. The maximum atomic E-state index is 3.54. The Morgan fingerprint density at radius 2 is 1.56 bits per heavy atom. The third-order valence-electron chi connectivity index (χ3n) is 3.34. The van der Waals surface area contributed by atoms with E-state index in [9.17, 15) is 0 Å². The lowest BCUT2D eigenvalue weighted by Crippen LogP contribution is -2.45. The van der Waals surface area contributed by atoms with Gasteiger partial charge in [-0.15, -0.1) is 0 Å². The lowest BCUT2D eigenvalue weighted by atomic mass is 10.00. The van der Waals surface area contributed by atoms with Crippen LogP contribution in [0.15, 0.2) is 0 Å². The molecule has 0 aliphatic rings. The largest absolute Gasteiger partial charge is 0.314 e. The minimum absolute atomic E-state index is 0.591. The molecule has 2 unspecified atom stereocenters. The zero-order valence-corrected chi connectivity index (χ0v) is 12.4. The predicted molar refractivity (Wildman–Crippen MR) is 73.9 cm³/mol. The SMILES string of the molecule is CCCN(C(C)C)C(C)C(C)CNC(C)C. The number of nitrogens with zero attached hydrogens (tertiary/aromatic N) is 1. The predicted octanol–water partition coefficient (Wildman–Crippen LogP) is 3.13. The Kier molecular flexibility index (Phi) is 8.04. The van der Waals surface area contributed by atoms with Crippen LogP contribution in [0, 0.1) is 5.92 Å². The third-order valence-corrected chi connectivity index (χ3v) is 3.34. The molecular formula is C14H32N2. The first-order valence-electron chi connectivity index (χ1n) is 6.89. The standard InChI is InChI=1S/C14H32N2/c1-8-9-16(12(4)5)14(7)13(6)10-15-11(2)3/h11-15H,8-10H2,1-7H3. The van der Waals surface area contributed by atoms with E-state index in [2.05, 4.69) is 58.7 Å². The molecule has 0 aromatic rings. The van der Waals surface area contributed by atoms with E-state index in [1.807, 2.05) is 0 Å². The molecule has 98 valence electrons. The molecule has 0 aliphatic heterocycles. The van der Waals surface area contributed by atoms with Crippen LogP contribution in [0.2, 0.25) is 0 Å². The molecule has 2 atom stereocenters. The molecule has 0 saturated carbocycles. The first-order valence-corrected chi connectivity index (χ1v) is 6.89. The average molecular weight is 228 g/mol. The Labute approximate surface area is 103 Å². The van der Waals surface area contributed by atoms with E-state index in [4.69, 9.17) is 0 Å². The normalized spacial score (nSPS) is 16.1. The second-order valence-electron chi connectivity index (χ2n) is 5.61. The highest BCUT2D eigenvalue weighted by Gasteiger charge is 2.21. The maximum absolute atomic E-state index is 3.54. The molecule has 0 aromatic heterocycles. The van der Waals surface area contributed by atoms with E-state index < -0.39 is 0 Å². The zero-order valence-electron chi connectivity index (χ0n) is 12.4. The van der Waals surface area contributed by atoms with Gasteiger partial charge in [0.15, 0.2) is 0 Å². The van der Waals surface area contributed by atoms with Gasteiger partial charge in [-0.3, -0.25) is 4.90 Å². The summed E-state index contributed by atoms with van der Waals surface area (Å²) in [6, 6.07) is 1.90. The van der Waals surface area contributed by atoms with Gasteiger partial charge in [0, 0.05) is 18.1 Å². The zero-order chi connectivity index (χ0) is 12.7. The van der Waals surface area contributed by atoms with Gasteiger partial charge in [0.1, 0.15) is 0 Å².